The number of thiophene rings is 1. The predicted octanol–water partition coefficient (Wildman–Crippen LogP) is 2.89. The van der Waals surface area contributed by atoms with Crippen LogP contribution in [-0.4, -0.2) is 57.6 Å². The Bertz CT molecular complexity index is 1470. The molecule has 0 amide bonds. The number of nitrogens with one attached hydrogen (secondary N) is 2. The molecule has 4 heterocycles. The summed E-state index contributed by atoms with van der Waals surface area (Å²) in [5.74, 6) is -0.471. The van der Waals surface area contributed by atoms with Crippen LogP contribution in [0.15, 0.2) is 30.9 Å². The van der Waals surface area contributed by atoms with E-state index in [2.05, 4.69) is 20.3 Å². The standard InChI is InChI=1S/C24H25ClN5O6S2/c1-12-16(23-17-7-21(25)27-8-13(17)2-3-36-23)6-20(37-12)22(32)18-10-26-11-28-24(18)30-15-4-14(19(31)5-15)9-29-38(33,34)35/h6-11,14-15,19,23,29,31H,2-5H2,1H3,(H,26,28,30)(H,33,34,35)/t14-,15-,19+,23-/m1/s1. The van der Waals surface area contributed by atoms with Crippen molar-refractivity contribution in [1.29, 1.82) is 0 Å². The molecule has 1 aliphatic carbocycles. The van der Waals surface area contributed by atoms with Crippen molar-refractivity contribution < 1.29 is 27.6 Å². The molecule has 0 bridgehead atoms. The average molecular weight is 579 g/mol. The largest absolute Gasteiger partial charge is 0.393 e. The molecule has 3 aromatic heterocycles. The zero-order chi connectivity index (χ0) is 27.0. The second-order valence-corrected chi connectivity index (χ2v) is 12.1. The van der Waals surface area contributed by atoms with Gasteiger partial charge in [0, 0.05) is 35.8 Å². The van der Waals surface area contributed by atoms with E-state index >= 15 is 0 Å². The van der Waals surface area contributed by atoms with Crippen LogP contribution in [0.3, 0.4) is 0 Å². The summed E-state index contributed by atoms with van der Waals surface area (Å²) in [6, 6.07) is 3.35. The number of aromatic nitrogens is 3. The van der Waals surface area contributed by atoms with Gasteiger partial charge in [0.15, 0.2) is 0 Å². The molecule has 3 aromatic rings. The van der Waals surface area contributed by atoms with Crippen molar-refractivity contribution in [1.82, 2.24) is 19.7 Å². The molecule has 0 aromatic carbocycles. The minimum atomic E-state index is -4.41. The fraction of sp³-hybridized carbons (Fsp3) is 0.375. The van der Waals surface area contributed by atoms with Crippen molar-refractivity contribution in [2.75, 3.05) is 11.9 Å². The van der Waals surface area contributed by atoms with Gasteiger partial charge in [0.1, 0.15) is 23.4 Å². The van der Waals surface area contributed by atoms with E-state index in [4.69, 9.17) is 20.9 Å². The molecule has 11 nitrogen and oxygen atoms in total. The number of aliphatic hydroxyl groups excluding tert-OH is 1. The molecule has 14 heteroatoms. The van der Waals surface area contributed by atoms with E-state index in [0.29, 0.717) is 35.3 Å². The topological polar surface area (TPSA) is 164 Å². The number of aryl methyl sites for hydroxylation is 1. The van der Waals surface area contributed by atoms with Crippen molar-refractivity contribution in [2.45, 2.75) is 44.4 Å². The molecule has 5 rings (SSSR count). The van der Waals surface area contributed by atoms with Crippen LogP contribution in [0.4, 0.5) is 5.82 Å². The Morgan fingerprint density at radius 2 is 2.05 bits per heavy atom. The van der Waals surface area contributed by atoms with Gasteiger partial charge in [-0.3, -0.25) is 9.35 Å². The highest BCUT2D eigenvalue weighted by Gasteiger charge is 2.35. The molecule has 1 saturated carbocycles. The number of pyridine rings is 1. The predicted molar refractivity (Wildman–Crippen MR) is 140 cm³/mol. The van der Waals surface area contributed by atoms with Gasteiger partial charge in [0.2, 0.25) is 5.78 Å². The molecule has 201 valence electrons. The lowest BCUT2D eigenvalue weighted by molar-refractivity contribution is 0.0695. The summed E-state index contributed by atoms with van der Waals surface area (Å²) in [6.45, 7) is 3.62. The Labute approximate surface area is 228 Å². The Balaban J connectivity index is 1.35. The van der Waals surface area contributed by atoms with Gasteiger partial charge >= 0.3 is 10.3 Å². The highest BCUT2D eigenvalue weighted by molar-refractivity contribution is 7.83. The SMILES string of the molecule is Cc1sc(C(=O)c2cncnc2N[C@H]2C[C@H](O)[C@@H]([CH]NS(=O)(=O)O)C2)cc1[C@H]1OCCc2cnc(Cl)cc21. The van der Waals surface area contributed by atoms with Gasteiger partial charge in [-0.25, -0.2) is 15.0 Å². The number of ether oxygens (including phenoxy) is 1. The molecule has 4 N–H and O–H groups in total. The molecule has 0 saturated heterocycles. The maximum absolute atomic E-state index is 13.6. The molecule has 4 atom stereocenters. The van der Waals surface area contributed by atoms with Gasteiger partial charge in [-0.05, 0) is 55.0 Å². The molecule has 0 spiro atoms. The molecule has 1 aliphatic heterocycles. The normalized spacial score (nSPS) is 23.3. The maximum atomic E-state index is 13.6. The minimum absolute atomic E-state index is 0.258. The molecule has 1 fully saturated rings. The van der Waals surface area contributed by atoms with Crippen LogP contribution >= 0.6 is 22.9 Å². The lowest BCUT2D eigenvalue weighted by atomic mass is 9.94. The quantitative estimate of drug-likeness (QED) is 0.177. The van der Waals surface area contributed by atoms with E-state index < -0.39 is 22.3 Å². The smallest absolute Gasteiger partial charge is 0.333 e. The van der Waals surface area contributed by atoms with E-state index in [1.807, 2.05) is 17.7 Å². The van der Waals surface area contributed by atoms with E-state index in [-0.39, 0.29) is 23.5 Å². The van der Waals surface area contributed by atoms with E-state index in [9.17, 15) is 18.3 Å². The summed E-state index contributed by atoms with van der Waals surface area (Å²) in [7, 11) is -4.41. The summed E-state index contributed by atoms with van der Waals surface area (Å²) < 4.78 is 38.8. The van der Waals surface area contributed by atoms with Gasteiger partial charge in [-0.15, -0.1) is 11.3 Å². The highest BCUT2D eigenvalue weighted by atomic mass is 35.5. The third kappa shape index (κ3) is 5.88. The molecule has 1 radical (unpaired) electrons. The monoisotopic (exact) mass is 578 g/mol. The van der Waals surface area contributed by atoms with E-state index in [1.54, 1.807) is 12.3 Å². The number of carbonyl (C=O) groups is 1. The second kappa shape index (κ2) is 10.9. The number of anilines is 1. The van der Waals surface area contributed by atoms with Crippen molar-refractivity contribution in [2.24, 2.45) is 5.92 Å². The summed E-state index contributed by atoms with van der Waals surface area (Å²) in [5, 5.41) is 13.9. The van der Waals surface area contributed by atoms with Crippen LogP contribution in [0.25, 0.3) is 0 Å². The van der Waals surface area contributed by atoms with Crippen LogP contribution in [-0.2, 0) is 21.5 Å². The molecule has 2 aliphatic rings. The van der Waals surface area contributed by atoms with Crippen LogP contribution in [0.1, 0.15) is 55.7 Å². The van der Waals surface area contributed by atoms with E-state index in [1.165, 1.54) is 23.9 Å². The first-order valence-electron chi connectivity index (χ1n) is 11.8. The van der Waals surface area contributed by atoms with Crippen LogP contribution in [0.2, 0.25) is 5.15 Å². The minimum Gasteiger partial charge on any atom is -0.393 e. The van der Waals surface area contributed by atoms with Crippen molar-refractivity contribution in [3.8, 4) is 0 Å². The Morgan fingerprint density at radius 1 is 1.24 bits per heavy atom. The number of fused-ring (bicyclic) bond motifs is 1. The van der Waals surface area contributed by atoms with Gasteiger partial charge in [0.25, 0.3) is 0 Å². The highest BCUT2D eigenvalue weighted by Crippen LogP contribution is 2.39. The number of hydrogen-bond donors (Lipinski definition) is 4. The number of halogens is 1. The Hall–Kier alpha value is -2.52. The third-order valence-corrected chi connectivity index (χ3v) is 8.40. The second-order valence-electron chi connectivity index (χ2n) is 9.25. The molecule has 38 heavy (non-hydrogen) atoms. The number of carbonyl (C=O) groups excluding carboxylic acids is 1. The molecular weight excluding hydrogens is 554 g/mol. The molecular formula is C24H25ClN5O6S2. The summed E-state index contributed by atoms with van der Waals surface area (Å²) in [5.41, 5.74) is 3.16. The van der Waals surface area contributed by atoms with Gasteiger partial charge in [-0.1, -0.05) is 11.6 Å². The average Bonchev–Trinajstić information content (AvgIpc) is 3.43. The Kier molecular flexibility index (Phi) is 7.78. The Morgan fingerprint density at radius 3 is 2.84 bits per heavy atom. The van der Waals surface area contributed by atoms with Crippen molar-refractivity contribution in [3.05, 3.63) is 74.6 Å². The lowest BCUT2D eigenvalue weighted by Gasteiger charge is -2.26. The fourth-order valence-electron chi connectivity index (χ4n) is 4.88. The zero-order valence-electron chi connectivity index (χ0n) is 20.2. The van der Waals surface area contributed by atoms with Crippen molar-refractivity contribution in [3.63, 3.8) is 0 Å². The first-order chi connectivity index (χ1) is 18.1. The number of ketones is 1. The summed E-state index contributed by atoms with van der Waals surface area (Å²) >= 11 is 7.51. The summed E-state index contributed by atoms with van der Waals surface area (Å²) in [6.07, 6.45) is 4.73. The van der Waals surface area contributed by atoms with Gasteiger partial charge in [-0.2, -0.15) is 13.1 Å². The first-order valence-corrected chi connectivity index (χ1v) is 14.5. The number of nitrogens with zero attached hydrogens (tertiary/aromatic N) is 3. The fourth-order valence-corrected chi connectivity index (χ4v) is 6.40. The molecule has 0 unspecified atom stereocenters. The number of aliphatic hydroxyl groups is 1. The van der Waals surface area contributed by atoms with Crippen LogP contribution in [0.5, 0.6) is 0 Å². The van der Waals surface area contributed by atoms with E-state index in [0.717, 1.165) is 34.5 Å². The van der Waals surface area contributed by atoms with Gasteiger partial charge in [0.05, 0.1) is 23.2 Å². The lowest BCUT2D eigenvalue weighted by Crippen LogP contribution is -2.27. The van der Waals surface area contributed by atoms with Crippen molar-refractivity contribution >= 4 is 44.8 Å². The third-order valence-electron chi connectivity index (χ3n) is 6.70. The number of hydrogen-bond acceptors (Lipinski definition) is 10. The first kappa shape index (κ1) is 27.1. The van der Waals surface area contributed by atoms with Crippen LogP contribution in [0, 0.1) is 19.4 Å². The maximum Gasteiger partial charge on any atom is 0.333 e. The van der Waals surface area contributed by atoms with Gasteiger partial charge < -0.3 is 15.2 Å². The zero-order valence-corrected chi connectivity index (χ0v) is 22.6. The number of rotatable bonds is 8. The summed E-state index contributed by atoms with van der Waals surface area (Å²) in [4.78, 5) is 27.5. The van der Waals surface area contributed by atoms with Crippen LogP contribution < -0.4 is 10.0 Å².